The van der Waals surface area contributed by atoms with Gasteiger partial charge in [-0.2, -0.15) is 0 Å². The van der Waals surface area contributed by atoms with Crippen LogP contribution in [0.4, 0.5) is 4.39 Å². The predicted molar refractivity (Wildman–Crippen MR) is 73.1 cm³/mol. The van der Waals surface area contributed by atoms with Gasteiger partial charge in [0.05, 0.1) is 18.0 Å². The van der Waals surface area contributed by atoms with Gasteiger partial charge in [-0.1, -0.05) is 11.6 Å². The summed E-state index contributed by atoms with van der Waals surface area (Å²) in [6.07, 6.45) is 0.0567. The molecule has 2 aromatic rings. The molecule has 1 aromatic carbocycles. The maximum atomic E-state index is 13.1. The molecular weight excluding hydrogens is 285 g/mol. The van der Waals surface area contributed by atoms with Gasteiger partial charge in [-0.05, 0) is 30.3 Å². The monoisotopic (exact) mass is 297 g/mol. The molecule has 0 atom stereocenters. The van der Waals surface area contributed by atoms with Gasteiger partial charge < -0.3 is 14.8 Å². The standard InChI is InChI=1S/C14H13ClFNO3/c15-11-7-9(1-3-12(11)16)13-4-2-10(20-13)8-17-6-5-14(18)19/h1-4,7,17H,5-6,8H2,(H,18,19). The Kier molecular flexibility index (Phi) is 4.76. The lowest BCUT2D eigenvalue weighted by Gasteiger charge is -2.01. The lowest BCUT2D eigenvalue weighted by molar-refractivity contribution is -0.136. The van der Waals surface area contributed by atoms with E-state index in [0.29, 0.717) is 30.2 Å². The Hall–Kier alpha value is -1.85. The molecule has 0 aliphatic rings. The molecule has 2 N–H and O–H groups in total. The van der Waals surface area contributed by atoms with E-state index in [1.165, 1.54) is 12.1 Å². The number of rotatable bonds is 6. The number of benzene rings is 1. The van der Waals surface area contributed by atoms with Gasteiger partial charge in [-0.25, -0.2) is 4.39 Å². The molecule has 4 nitrogen and oxygen atoms in total. The van der Waals surface area contributed by atoms with Crippen LogP contribution in [0.15, 0.2) is 34.7 Å². The summed E-state index contributed by atoms with van der Waals surface area (Å²) >= 11 is 5.72. The molecule has 0 saturated heterocycles. The van der Waals surface area contributed by atoms with Crippen LogP contribution >= 0.6 is 11.6 Å². The van der Waals surface area contributed by atoms with E-state index >= 15 is 0 Å². The molecule has 0 amide bonds. The van der Waals surface area contributed by atoms with Gasteiger partial charge in [-0.3, -0.25) is 4.79 Å². The highest BCUT2D eigenvalue weighted by Crippen LogP contribution is 2.26. The van der Waals surface area contributed by atoms with Gasteiger partial charge in [0.2, 0.25) is 0 Å². The minimum Gasteiger partial charge on any atom is -0.481 e. The van der Waals surface area contributed by atoms with Crippen LogP contribution in [0.25, 0.3) is 11.3 Å². The van der Waals surface area contributed by atoms with Gasteiger partial charge >= 0.3 is 5.97 Å². The van der Waals surface area contributed by atoms with Crippen molar-refractivity contribution >= 4 is 17.6 Å². The van der Waals surface area contributed by atoms with Gasteiger partial charge in [0.15, 0.2) is 0 Å². The molecule has 0 aliphatic carbocycles. The maximum absolute atomic E-state index is 13.1. The van der Waals surface area contributed by atoms with E-state index in [-0.39, 0.29) is 11.4 Å². The van der Waals surface area contributed by atoms with Crippen LogP contribution in [-0.4, -0.2) is 17.6 Å². The highest BCUT2D eigenvalue weighted by Gasteiger charge is 2.07. The summed E-state index contributed by atoms with van der Waals surface area (Å²) in [7, 11) is 0. The van der Waals surface area contributed by atoms with Crippen LogP contribution in [-0.2, 0) is 11.3 Å². The third-order valence-corrected chi connectivity index (χ3v) is 2.97. The second-order valence-electron chi connectivity index (χ2n) is 4.22. The Morgan fingerprint density at radius 2 is 2.15 bits per heavy atom. The molecule has 0 fully saturated rings. The average molecular weight is 298 g/mol. The Bertz CT molecular complexity index is 612. The normalized spacial score (nSPS) is 10.7. The topological polar surface area (TPSA) is 62.5 Å². The fraction of sp³-hybridized carbons (Fsp3) is 0.214. The summed E-state index contributed by atoms with van der Waals surface area (Å²) in [5.74, 6) is -0.0658. The molecule has 0 bridgehead atoms. The van der Waals surface area contributed by atoms with Gasteiger partial charge in [-0.15, -0.1) is 0 Å². The van der Waals surface area contributed by atoms with Gasteiger partial charge in [0, 0.05) is 12.1 Å². The molecule has 1 aromatic heterocycles. The first-order chi connectivity index (χ1) is 9.56. The minimum atomic E-state index is -0.849. The SMILES string of the molecule is O=C(O)CCNCc1ccc(-c2ccc(F)c(Cl)c2)o1. The third-order valence-electron chi connectivity index (χ3n) is 2.68. The molecule has 0 aliphatic heterocycles. The Balaban J connectivity index is 1.97. The molecular formula is C14H13ClFNO3. The van der Waals surface area contributed by atoms with E-state index in [2.05, 4.69) is 5.32 Å². The highest BCUT2D eigenvalue weighted by atomic mass is 35.5. The second kappa shape index (κ2) is 6.54. The van der Waals surface area contributed by atoms with Gasteiger partial charge in [0.1, 0.15) is 17.3 Å². The van der Waals surface area contributed by atoms with Gasteiger partial charge in [0.25, 0.3) is 0 Å². The Morgan fingerprint density at radius 1 is 1.35 bits per heavy atom. The van der Waals surface area contributed by atoms with Crippen molar-refractivity contribution in [3.05, 3.63) is 46.9 Å². The molecule has 106 valence electrons. The maximum Gasteiger partial charge on any atom is 0.304 e. The largest absolute Gasteiger partial charge is 0.481 e. The van der Waals surface area contributed by atoms with Crippen molar-refractivity contribution in [2.75, 3.05) is 6.54 Å². The minimum absolute atomic E-state index is 0.0417. The van der Waals surface area contributed by atoms with Crippen LogP contribution in [0.3, 0.4) is 0 Å². The summed E-state index contributed by atoms with van der Waals surface area (Å²) < 4.78 is 18.7. The van der Waals surface area contributed by atoms with E-state index in [1.54, 1.807) is 18.2 Å². The van der Waals surface area contributed by atoms with Crippen LogP contribution in [0, 0.1) is 5.82 Å². The number of hydrogen-bond acceptors (Lipinski definition) is 3. The number of carboxylic acids is 1. The van der Waals surface area contributed by atoms with Crippen molar-refractivity contribution in [1.29, 1.82) is 0 Å². The quantitative estimate of drug-likeness (QED) is 0.803. The van der Waals surface area contributed by atoms with E-state index in [0.717, 1.165) is 0 Å². The first-order valence-corrected chi connectivity index (χ1v) is 6.40. The first kappa shape index (κ1) is 14.6. The zero-order valence-electron chi connectivity index (χ0n) is 10.5. The molecule has 0 radical (unpaired) electrons. The van der Waals surface area contributed by atoms with Crippen LogP contribution in [0.1, 0.15) is 12.2 Å². The number of aliphatic carboxylic acids is 1. The molecule has 1 heterocycles. The number of carboxylic acid groups (broad SMARTS) is 1. The molecule has 2 rings (SSSR count). The van der Waals surface area contributed by atoms with E-state index in [9.17, 15) is 9.18 Å². The Labute approximate surface area is 120 Å². The van der Waals surface area contributed by atoms with Crippen molar-refractivity contribution in [1.82, 2.24) is 5.32 Å². The first-order valence-electron chi connectivity index (χ1n) is 6.03. The average Bonchev–Trinajstić information content (AvgIpc) is 2.86. The molecule has 0 spiro atoms. The molecule has 20 heavy (non-hydrogen) atoms. The summed E-state index contributed by atoms with van der Waals surface area (Å²) in [5.41, 5.74) is 0.688. The zero-order chi connectivity index (χ0) is 14.5. The third kappa shape index (κ3) is 3.82. The second-order valence-corrected chi connectivity index (χ2v) is 4.62. The highest BCUT2D eigenvalue weighted by molar-refractivity contribution is 6.31. The van der Waals surface area contributed by atoms with E-state index in [4.69, 9.17) is 21.1 Å². The lowest BCUT2D eigenvalue weighted by Crippen LogP contribution is -2.17. The number of carbonyl (C=O) groups is 1. The van der Waals surface area contributed by atoms with Crippen molar-refractivity contribution in [2.24, 2.45) is 0 Å². The smallest absolute Gasteiger partial charge is 0.304 e. The number of nitrogens with one attached hydrogen (secondary N) is 1. The summed E-state index contributed by atoms with van der Waals surface area (Å²) in [4.78, 5) is 10.4. The number of hydrogen-bond donors (Lipinski definition) is 2. The molecule has 6 heteroatoms. The fourth-order valence-electron chi connectivity index (χ4n) is 1.68. The van der Waals surface area contributed by atoms with Crippen molar-refractivity contribution < 1.29 is 18.7 Å². The summed E-state index contributed by atoms with van der Waals surface area (Å²) in [6.45, 7) is 0.802. The number of halogens is 2. The number of furan rings is 1. The fourth-order valence-corrected chi connectivity index (χ4v) is 1.86. The van der Waals surface area contributed by atoms with Crippen LogP contribution in [0.2, 0.25) is 5.02 Å². The summed E-state index contributed by atoms with van der Waals surface area (Å²) in [6, 6.07) is 7.90. The van der Waals surface area contributed by atoms with Crippen molar-refractivity contribution in [2.45, 2.75) is 13.0 Å². The van der Waals surface area contributed by atoms with E-state index in [1.807, 2.05) is 0 Å². The molecule has 0 unspecified atom stereocenters. The summed E-state index contributed by atoms with van der Waals surface area (Å²) in [5, 5.41) is 11.5. The van der Waals surface area contributed by atoms with Crippen LogP contribution in [0.5, 0.6) is 0 Å². The van der Waals surface area contributed by atoms with Crippen molar-refractivity contribution in [3.8, 4) is 11.3 Å². The zero-order valence-corrected chi connectivity index (χ0v) is 11.3. The predicted octanol–water partition coefficient (Wildman–Crippen LogP) is 3.30. The van der Waals surface area contributed by atoms with E-state index < -0.39 is 11.8 Å². The van der Waals surface area contributed by atoms with Crippen LogP contribution < -0.4 is 5.32 Å². The molecule has 0 saturated carbocycles. The Morgan fingerprint density at radius 3 is 2.85 bits per heavy atom. The van der Waals surface area contributed by atoms with Crippen molar-refractivity contribution in [3.63, 3.8) is 0 Å². The lowest BCUT2D eigenvalue weighted by atomic mass is 10.2.